The van der Waals surface area contributed by atoms with Gasteiger partial charge in [-0.1, -0.05) is 0 Å². The van der Waals surface area contributed by atoms with Gasteiger partial charge < -0.3 is 5.73 Å². The van der Waals surface area contributed by atoms with E-state index in [0.29, 0.717) is 5.13 Å². The highest BCUT2D eigenvalue weighted by molar-refractivity contribution is 7.13. The molecule has 0 spiro atoms. The summed E-state index contributed by atoms with van der Waals surface area (Å²) in [6.45, 7) is 7.40. The topological polar surface area (TPSA) is 38.9 Å². The Bertz CT molecular complexity index is 193. The quantitative estimate of drug-likeness (QED) is 0.641. The van der Waals surface area contributed by atoms with E-state index in [1.54, 1.807) is 0 Å². The molecule has 0 aliphatic heterocycles. The number of rotatable bonds is 1. The zero-order valence-electron chi connectivity index (χ0n) is 5.00. The fourth-order valence-corrected chi connectivity index (χ4v) is 1.13. The smallest absolute Gasteiger partial charge is 0.180 e. The van der Waals surface area contributed by atoms with E-state index < -0.39 is 0 Å². The summed E-state index contributed by atoms with van der Waals surface area (Å²) in [7, 11) is 0. The van der Waals surface area contributed by atoms with Gasteiger partial charge in [-0.25, -0.2) is 4.98 Å². The lowest BCUT2D eigenvalue weighted by atomic mass is 10.2. The molecule has 0 amide bonds. The lowest BCUT2D eigenvalue weighted by Gasteiger charge is -1.94. The predicted octanol–water partition coefficient (Wildman–Crippen LogP) is 1.48. The largest absolute Gasteiger partial charge is 0.375 e. The molecule has 3 heteroatoms. The summed E-state index contributed by atoms with van der Waals surface area (Å²) in [6, 6.07) is 0. The number of hydrogen-bond acceptors (Lipinski definition) is 3. The summed E-state index contributed by atoms with van der Waals surface area (Å²) in [5, 5.41) is 2.46. The van der Waals surface area contributed by atoms with Gasteiger partial charge in [0.1, 0.15) is 0 Å². The Balaban J connectivity index is 2.85. The molecule has 0 atom stereocenters. The molecule has 0 saturated heterocycles. The molecule has 1 aromatic heterocycles. The monoisotopic (exact) mass is 140 g/mol. The maximum atomic E-state index is 5.37. The Morgan fingerprint density at radius 2 is 2.33 bits per heavy atom. The summed E-state index contributed by atoms with van der Waals surface area (Å²) in [4.78, 5) is 3.98. The van der Waals surface area contributed by atoms with Gasteiger partial charge >= 0.3 is 0 Å². The van der Waals surface area contributed by atoms with Crippen molar-refractivity contribution in [2.24, 2.45) is 0 Å². The minimum atomic E-state index is -0.00134. The number of aromatic nitrogens is 1. The molecule has 1 rings (SSSR count). The molecule has 0 aliphatic rings. The van der Waals surface area contributed by atoms with Gasteiger partial charge in [0.25, 0.3) is 0 Å². The molecule has 0 saturated carbocycles. The molecule has 0 aliphatic carbocycles. The standard InChI is InChI=1S/C6H8N2S/c1-4(2)5-3-9-6(7)8-5/h3-4H,1-2H2,(H2,7,8). The first kappa shape index (κ1) is 6.55. The Kier molecular flexibility index (Phi) is 1.71. The second kappa shape index (κ2) is 2.35. The average molecular weight is 140 g/mol. The number of thiazole rings is 1. The molecular weight excluding hydrogens is 132 g/mol. The van der Waals surface area contributed by atoms with Crippen LogP contribution in [0.3, 0.4) is 0 Å². The third kappa shape index (κ3) is 1.42. The molecule has 1 aromatic rings. The van der Waals surface area contributed by atoms with Crippen molar-refractivity contribution >= 4 is 16.5 Å². The second-order valence-corrected chi connectivity index (χ2v) is 2.70. The average Bonchev–Trinajstić information content (AvgIpc) is 2.14. The van der Waals surface area contributed by atoms with Crippen LogP contribution >= 0.6 is 11.3 Å². The second-order valence-electron chi connectivity index (χ2n) is 1.81. The summed E-state index contributed by atoms with van der Waals surface area (Å²) < 4.78 is 0. The molecule has 1 heterocycles. The van der Waals surface area contributed by atoms with Crippen LogP contribution in [0.15, 0.2) is 5.38 Å². The van der Waals surface area contributed by atoms with Crippen molar-refractivity contribution in [1.82, 2.24) is 4.98 Å². The number of nitrogen functional groups attached to an aromatic ring is 1. The van der Waals surface area contributed by atoms with Crippen molar-refractivity contribution in [2.45, 2.75) is 5.92 Å². The third-order valence-electron chi connectivity index (χ3n) is 0.958. The van der Waals surface area contributed by atoms with E-state index in [-0.39, 0.29) is 5.92 Å². The highest BCUT2D eigenvalue weighted by atomic mass is 32.1. The fraction of sp³-hybridized carbons (Fsp3) is 0.167. The van der Waals surface area contributed by atoms with Crippen LogP contribution in [0.25, 0.3) is 0 Å². The lowest BCUT2D eigenvalue weighted by molar-refractivity contribution is 1.01. The van der Waals surface area contributed by atoms with Crippen LogP contribution in [0.2, 0.25) is 0 Å². The van der Waals surface area contributed by atoms with E-state index in [9.17, 15) is 0 Å². The fourth-order valence-electron chi connectivity index (χ4n) is 0.488. The first-order valence-electron chi connectivity index (χ1n) is 2.57. The Morgan fingerprint density at radius 3 is 2.56 bits per heavy atom. The van der Waals surface area contributed by atoms with Gasteiger partial charge in [-0.05, 0) is 13.8 Å². The van der Waals surface area contributed by atoms with Gasteiger partial charge in [-0.15, -0.1) is 11.3 Å². The van der Waals surface area contributed by atoms with Gasteiger partial charge in [0.15, 0.2) is 5.13 Å². The van der Waals surface area contributed by atoms with E-state index in [4.69, 9.17) is 5.73 Å². The van der Waals surface area contributed by atoms with Crippen molar-refractivity contribution in [2.75, 3.05) is 5.73 Å². The Labute approximate surface area is 58.7 Å². The molecule has 2 nitrogen and oxygen atoms in total. The summed E-state index contributed by atoms with van der Waals surface area (Å²) in [5.41, 5.74) is 6.24. The molecule has 9 heavy (non-hydrogen) atoms. The van der Waals surface area contributed by atoms with Crippen LogP contribution in [0, 0.1) is 13.8 Å². The Morgan fingerprint density at radius 1 is 1.67 bits per heavy atom. The van der Waals surface area contributed by atoms with Gasteiger partial charge in [-0.3, -0.25) is 0 Å². The maximum Gasteiger partial charge on any atom is 0.180 e. The van der Waals surface area contributed by atoms with Crippen molar-refractivity contribution in [1.29, 1.82) is 0 Å². The SMILES string of the molecule is [CH2]C([CH2])c1csc(N)n1. The summed E-state index contributed by atoms with van der Waals surface area (Å²) in [5.74, 6) is -0.00134. The van der Waals surface area contributed by atoms with E-state index in [0.717, 1.165) is 5.69 Å². The zero-order valence-corrected chi connectivity index (χ0v) is 5.82. The van der Waals surface area contributed by atoms with Crippen LogP contribution in [0.1, 0.15) is 11.6 Å². The minimum Gasteiger partial charge on any atom is -0.375 e. The number of anilines is 1. The van der Waals surface area contributed by atoms with Crippen LogP contribution < -0.4 is 5.73 Å². The van der Waals surface area contributed by atoms with Crippen LogP contribution in [-0.2, 0) is 0 Å². The number of nitrogens with two attached hydrogens (primary N) is 1. The van der Waals surface area contributed by atoms with Crippen LogP contribution in [0.5, 0.6) is 0 Å². The normalized spacial score (nSPS) is 10.6. The third-order valence-corrected chi connectivity index (χ3v) is 1.65. The van der Waals surface area contributed by atoms with Crippen LogP contribution in [-0.4, -0.2) is 4.98 Å². The molecule has 0 unspecified atom stereocenters. The molecule has 2 N–H and O–H groups in total. The van der Waals surface area contributed by atoms with Crippen molar-refractivity contribution < 1.29 is 0 Å². The van der Waals surface area contributed by atoms with Gasteiger partial charge in [0.05, 0.1) is 5.69 Å². The van der Waals surface area contributed by atoms with E-state index >= 15 is 0 Å². The molecule has 0 aromatic carbocycles. The van der Waals surface area contributed by atoms with Gasteiger partial charge in [0, 0.05) is 11.3 Å². The summed E-state index contributed by atoms with van der Waals surface area (Å²) >= 11 is 1.42. The predicted molar refractivity (Wildman–Crippen MR) is 40.0 cm³/mol. The highest BCUT2D eigenvalue weighted by Crippen LogP contribution is 2.17. The van der Waals surface area contributed by atoms with Crippen molar-refractivity contribution in [3.63, 3.8) is 0 Å². The first-order valence-corrected chi connectivity index (χ1v) is 3.45. The molecule has 48 valence electrons. The number of nitrogens with zero attached hydrogens (tertiary/aromatic N) is 1. The maximum absolute atomic E-state index is 5.37. The minimum absolute atomic E-state index is 0.00134. The van der Waals surface area contributed by atoms with E-state index in [2.05, 4.69) is 18.8 Å². The van der Waals surface area contributed by atoms with E-state index in [1.807, 2.05) is 5.38 Å². The number of hydrogen-bond donors (Lipinski definition) is 1. The molecular formula is C6H8N2S. The molecule has 0 fully saturated rings. The van der Waals surface area contributed by atoms with Crippen LogP contribution in [0.4, 0.5) is 5.13 Å². The summed E-state index contributed by atoms with van der Waals surface area (Å²) in [6.07, 6.45) is 0. The zero-order chi connectivity index (χ0) is 6.85. The van der Waals surface area contributed by atoms with Gasteiger partial charge in [0.2, 0.25) is 0 Å². The first-order chi connectivity index (χ1) is 4.20. The van der Waals surface area contributed by atoms with Gasteiger partial charge in [-0.2, -0.15) is 0 Å². The van der Waals surface area contributed by atoms with E-state index in [1.165, 1.54) is 11.3 Å². The molecule has 0 bridgehead atoms. The Hall–Kier alpha value is -0.570. The van der Waals surface area contributed by atoms with Crippen molar-refractivity contribution in [3.8, 4) is 0 Å². The molecule has 2 radical (unpaired) electrons. The highest BCUT2D eigenvalue weighted by Gasteiger charge is 2.01. The van der Waals surface area contributed by atoms with Crippen molar-refractivity contribution in [3.05, 3.63) is 24.9 Å². The lowest BCUT2D eigenvalue weighted by Crippen LogP contribution is -1.88.